The summed E-state index contributed by atoms with van der Waals surface area (Å²) in [7, 11) is 2.09. The molecule has 0 saturated heterocycles. The minimum Gasteiger partial charge on any atom is -0.373 e. The van der Waals surface area contributed by atoms with E-state index in [4.69, 9.17) is 5.10 Å². The fourth-order valence-corrected chi connectivity index (χ4v) is 3.74. The fraction of sp³-hybridized carbons (Fsp3) is 0.545. The van der Waals surface area contributed by atoms with Gasteiger partial charge in [0.2, 0.25) is 0 Å². The van der Waals surface area contributed by atoms with E-state index < -0.39 is 0 Å². The van der Waals surface area contributed by atoms with Crippen molar-refractivity contribution in [2.24, 2.45) is 0 Å². The van der Waals surface area contributed by atoms with Gasteiger partial charge in [-0.15, -0.1) is 0 Å². The molecule has 0 saturated carbocycles. The van der Waals surface area contributed by atoms with Gasteiger partial charge in [-0.1, -0.05) is 26.0 Å². The van der Waals surface area contributed by atoms with E-state index in [9.17, 15) is 4.79 Å². The van der Waals surface area contributed by atoms with Crippen LogP contribution in [0.25, 0.3) is 0 Å². The average Bonchev–Trinajstić information content (AvgIpc) is 3.01. The summed E-state index contributed by atoms with van der Waals surface area (Å²) in [6.45, 7) is 13.7. The topological polar surface area (TPSA) is 41.4 Å². The molecule has 0 radical (unpaired) electrons. The smallest absolute Gasteiger partial charge is 0.279 e. The molecule has 0 bridgehead atoms. The number of para-hydroxylation sites is 2. The fourth-order valence-electron chi connectivity index (χ4n) is 3.74. The SMILES string of the molecule is CC(C)c1cc(C(=O)N2c3ccccc3N(C)CCC2C)nn1C(C)(C)C. The van der Waals surface area contributed by atoms with Gasteiger partial charge >= 0.3 is 0 Å². The van der Waals surface area contributed by atoms with Crippen LogP contribution in [0.2, 0.25) is 0 Å². The number of benzene rings is 1. The van der Waals surface area contributed by atoms with E-state index in [1.807, 2.05) is 33.8 Å². The molecule has 146 valence electrons. The van der Waals surface area contributed by atoms with Gasteiger partial charge in [-0.3, -0.25) is 9.48 Å². The number of rotatable bonds is 2. The van der Waals surface area contributed by atoms with Gasteiger partial charge in [0.1, 0.15) is 0 Å². The number of carbonyl (C=O) groups excluding carboxylic acids is 1. The monoisotopic (exact) mass is 368 g/mol. The minimum absolute atomic E-state index is 0.0184. The Morgan fingerprint density at radius 3 is 2.37 bits per heavy atom. The normalized spacial score (nSPS) is 17.9. The number of carbonyl (C=O) groups is 1. The van der Waals surface area contributed by atoms with Crippen molar-refractivity contribution in [1.29, 1.82) is 0 Å². The molecule has 0 N–H and O–H groups in total. The van der Waals surface area contributed by atoms with E-state index in [1.165, 1.54) is 0 Å². The van der Waals surface area contributed by atoms with Gasteiger partial charge in [-0.05, 0) is 58.2 Å². The standard InChI is InChI=1S/C22H32N4O/c1-15(2)20-14-17(23-26(20)22(4,5)6)21(27)25-16(3)12-13-24(7)18-10-8-9-11-19(18)25/h8-11,14-16H,12-13H2,1-7H3. The van der Waals surface area contributed by atoms with E-state index >= 15 is 0 Å². The lowest BCUT2D eigenvalue weighted by Gasteiger charge is -2.28. The summed E-state index contributed by atoms with van der Waals surface area (Å²) in [6.07, 6.45) is 0.925. The third-order valence-electron chi connectivity index (χ3n) is 5.28. The molecule has 1 aliphatic heterocycles. The summed E-state index contributed by atoms with van der Waals surface area (Å²) >= 11 is 0. The Balaban J connectivity index is 2.09. The molecule has 1 aliphatic rings. The first-order valence-electron chi connectivity index (χ1n) is 9.85. The van der Waals surface area contributed by atoms with Crippen molar-refractivity contribution in [2.45, 2.75) is 65.5 Å². The predicted molar refractivity (Wildman–Crippen MR) is 112 cm³/mol. The van der Waals surface area contributed by atoms with Crippen LogP contribution in [0.5, 0.6) is 0 Å². The van der Waals surface area contributed by atoms with Crippen molar-refractivity contribution < 1.29 is 4.79 Å². The van der Waals surface area contributed by atoms with E-state index in [-0.39, 0.29) is 17.5 Å². The zero-order valence-electron chi connectivity index (χ0n) is 17.7. The van der Waals surface area contributed by atoms with Crippen molar-refractivity contribution in [3.8, 4) is 0 Å². The molecule has 27 heavy (non-hydrogen) atoms. The Hall–Kier alpha value is -2.30. The van der Waals surface area contributed by atoms with Gasteiger partial charge in [0.25, 0.3) is 5.91 Å². The highest BCUT2D eigenvalue weighted by atomic mass is 16.2. The van der Waals surface area contributed by atoms with Crippen LogP contribution in [0.15, 0.2) is 30.3 Å². The largest absolute Gasteiger partial charge is 0.373 e. The average molecular weight is 369 g/mol. The number of anilines is 2. The van der Waals surface area contributed by atoms with Gasteiger partial charge in [0, 0.05) is 25.3 Å². The van der Waals surface area contributed by atoms with Crippen molar-refractivity contribution in [3.05, 3.63) is 41.7 Å². The Bertz CT molecular complexity index is 831. The second kappa shape index (κ2) is 7.02. The summed E-state index contributed by atoms with van der Waals surface area (Å²) in [4.78, 5) is 17.7. The summed E-state index contributed by atoms with van der Waals surface area (Å²) in [5, 5.41) is 4.75. The van der Waals surface area contributed by atoms with Gasteiger partial charge in [0.15, 0.2) is 5.69 Å². The van der Waals surface area contributed by atoms with E-state index in [0.717, 1.165) is 30.0 Å². The molecule has 0 aliphatic carbocycles. The maximum Gasteiger partial charge on any atom is 0.279 e. The molecule has 1 atom stereocenters. The van der Waals surface area contributed by atoms with E-state index in [1.54, 1.807) is 0 Å². The summed E-state index contributed by atoms with van der Waals surface area (Å²) in [5.74, 6) is 0.286. The molecule has 3 rings (SSSR count). The molecule has 1 unspecified atom stereocenters. The molecule has 1 aromatic carbocycles. The van der Waals surface area contributed by atoms with Gasteiger partial charge in [0.05, 0.1) is 16.9 Å². The molecule has 5 nitrogen and oxygen atoms in total. The number of fused-ring (bicyclic) bond motifs is 1. The lowest BCUT2D eigenvalue weighted by atomic mass is 10.1. The van der Waals surface area contributed by atoms with Crippen LogP contribution >= 0.6 is 0 Å². The van der Waals surface area contributed by atoms with Crippen LogP contribution in [0, 0.1) is 0 Å². The third kappa shape index (κ3) is 3.60. The number of amides is 1. The zero-order chi connectivity index (χ0) is 19.9. The minimum atomic E-state index is -0.166. The first-order valence-corrected chi connectivity index (χ1v) is 9.85. The second-order valence-corrected chi connectivity index (χ2v) is 8.91. The van der Waals surface area contributed by atoms with Crippen LogP contribution < -0.4 is 9.80 Å². The number of hydrogen-bond acceptors (Lipinski definition) is 3. The van der Waals surface area contributed by atoms with Crippen LogP contribution in [0.3, 0.4) is 0 Å². The van der Waals surface area contributed by atoms with Crippen LogP contribution in [0.4, 0.5) is 11.4 Å². The van der Waals surface area contributed by atoms with Crippen molar-refractivity contribution in [1.82, 2.24) is 9.78 Å². The molecule has 0 fully saturated rings. The lowest BCUT2D eigenvalue weighted by Crippen LogP contribution is -2.39. The first kappa shape index (κ1) is 19.5. The highest BCUT2D eigenvalue weighted by Gasteiger charge is 2.32. The molecule has 5 heteroatoms. The second-order valence-electron chi connectivity index (χ2n) is 8.91. The molecular weight excluding hydrogens is 336 g/mol. The quantitative estimate of drug-likeness (QED) is 0.776. The van der Waals surface area contributed by atoms with Crippen molar-refractivity contribution >= 4 is 17.3 Å². The Morgan fingerprint density at radius 2 is 1.81 bits per heavy atom. The van der Waals surface area contributed by atoms with Crippen LogP contribution in [-0.4, -0.2) is 35.3 Å². The third-order valence-corrected chi connectivity index (χ3v) is 5.28. The molecule has 1 amide bonds. The maximum atomic E-state index is 13.6. The Kier molecular flexibility index (Phi) is 5.06. The number of nitrogens with zero attached hydrogens (tertiary/aromatic N) is 4. The van der Waals surface area contributed by atoms with E-state index in [0.29, 0.717) is 11.6 Å². The molecular formula is C22H32N4O. The lowest BCUT2D eigenvalue weighted by molar-refractivity contribution is 0.0972. The highest BCUT2D eigenvalue weighted by Crippen LogP contribution is 2.35. The number of hydrogen-bond donors (Lipinski definition) is 0. The van der Waals surface area contributed by atoms with Gasteiger partial charge < -0.3 is 9.80 Å². The van der Waals surface area contributed by atoms with Gasteiger partial charge in [-0.25, -0.2) is 0 Å². The molecule has 1 aromatic heterocycles. The van der Waals surface area contributed by atoms with Crippen LogP contribution in [0.1, 0.15) is 70.1 Å². The summed E-state index contributed by atoms with van der Waals surface area (Å²) in [6, 6.07) is 10.2. The zero-order valence-corrected chi connectivity index (χ0v) is 17.7. The van der Waals surface area contributed by atoms with Crippen molar-refractivity contribution in [3.63, 3.8) is 0 Å². The summed E-state index contributed by atoms with van der Waals surface area (Å²) < 4.78 is 2.01. The summed E-state index contributed by atoms with van der Waals surface area (Å²) in [5.41, 5.74) is 3.51. The van der Waals surface area contributed by atoms with Crippen molar-refractivity contribution in [2.75, 3.05) is 23.4 Å². The Labute approximate surface area is 163 Å². The first-order chi connectivity index (χ1) is 12.6. The van der Waals surface area contributed by atoms with E-state index in [2.05, 4.69) is 59.6 Å². The highest BCUT2D eigenvalue weighted by molar-refractivity contribution is 6.07. The molecule has 0 spiro atoms. The number of aromatic nitrogens is 2. The molecule has 2 aromatic rings. The van der Waals surface area contributed by atoms with Gasteiger partial charge in [-0.2, -0.15) is 5.10 Å². The van der Waals surface area contributed by atoms with Crippen LogP contribution in [-0.2, 0) is 5.54 Å². The molecule has 2 heterocycles. The predicted octanol–water partition coefficient (Wildman–Crippen LogP) is 4.64. The maximum absolute atomic E-state index is 13.6. The Morgan fingerprint density at radius 1 is 1.19 bits per heavy atom.